The molecule has 12 nitrogen and oxygen atoms in total. The Labute approximate surface area is 689 Å². The van der Waals surface area contributed by atoms with E-state index in [4.69, 9.17) is 28.4 Å². The zero-order valence-electron chi connectivity index (χ0n) is 75.7. The smallest absolute Gasteiger partial charge is 0.123 e. The highest BCUT2D eigenvalue weighted by atomic mass is 19.1. The normalized spacial score (nSPS) is 19.0. The molecule has 9 rings (SSSR count). The largest absolute Gasteiger partial charge is 0.491 e. The van der Waals surface area contributed by atoms with Crippen LogP contribution in [0.2, 0.25) is 0 Å². The molecule has 5 saturated heterocycles. The lowest BCUT2D eigenvalue weighted by atomic mass is 9.78. The number of hydrogen-bond donors (Lipinski definition) is 2. The van der Waals surface area contributed by atoms with E-state index in [1.165, 1.54) is 103 Å². The molecule has 0 bridgehead atoms. The topological polar surface area (TPSA) is 109 Å². The first-order valence-corrected chi connectivity index (χ1v) is 43.9. The molecule has 5 aliphatic rings. The van der Waals surface area contributed by atoms with Crippen molar-refractivity contribution < 1.29 is 43.0 Å². The van der Waals surface area contributed by atoms with Crippen LogP contribution < -0.4 is 14.2 Å². The molecule has 2 N–H and O–H groups in total. The van der Waals surface area contributed by atoms with Gasteiger partial charge in [-0.2, -0.15) is 0 Å². The van der Waals surface area contributed by atoms with Crippen molar-refractivity contribution in [2.24, 2.45) is 11.8 Å². The average molecular weight is 1570 g/mol. The lowest BCUT2D eigenvalue weighted by Gasteiger charge is -2.40. The number of aliphatic hydroxyl groups is 2. The Hall–Kier alpha value is -5.19. The van der Waals surface area contributed by atoms with Crippen LogP contribution in [0.4, 0.5) is 4.39 Å². The van der Waals surface area contributed by atoms with Gasteiger partial charge in [-0.3, -0.25) is 19.6 Å². The summed E-state index contributed by atoms with van der Waals surface area (Å²) in [6.45, 7) is 62.7. The Bertz CT molecular complexity index is 3410. The highest BCUT2D eigenvalue weighted by Crippen LogP contribution is 2.39. The molecule has 5 atom stereocenters. The van der Waals surface area contributed by atoms with Crippen molar-refractivity contribution in [2.45, 2.75) is 344 Å². The first kappa shape index (κ1) is 96.6. The lowest BCUT2D eigenvalue weighted by Crippen LogP contribution is -2.44. The minimum atomic E-state index is -0.176. The maximum absolute atomic E-state index is 13.4. The number of methoxy groups -OCH3 is 1. The van der Waals surface area contributed by atoms with Crippen LogP contribution in [0.5, 0.6) is 17.2 Å². The number of allylic oxidation sites excluding steroid dienone is 4. The number of hydrogen-bond acceptors (Lipinski definition) is 12. The van der Waals surface area contributed by atoms with Crippen molar-refractivity contribution in [1.82, 2.24) is 19.6 Å². The second-order valence-corrected chi connectivity index (χ2v) is 39.0. The molecule has 5 aliphatic heterocycles. The van der Waals surface area contributed by atoms with Gasteiger partial charge in [0.15, 0.2) is 0 Å². The van der Waals surface area contributed by atoms with Crippen molar-refractivity contribution in [1.29, 1.82) is 0 Å². The fourth-order valence-electron chi connectivity index (χ4n) is 17.2. The van der Waals surface area contributed by atoms with Crippen LogP contribution in [-0.2, 0) is 35.9 Å². The second kappa shape index (κ2) is 46.8. The van der Waals surface area contributed by atoms with Gasteiger partial charge in [0, 0.05) is 77.3 Å². The van der Waals surface area contributed by atoms with Crippen LogP contribution in [0.25, 0.3) is 0 Å². The van der Waals surface area contributed by atoms with Crippen LogP contribution >= 0.6 is 0 Å². The fourth-order valence-corrected chi connectivity index (χ4v) is 17.2. The van der Waals surface area contributed by atoms with Crippen LogP contribution in [-0.4, -0.2) is 176 Å². The molecule has 4 aromatic carbocycles. The lowest BCUT2D eigenvalue weighted by molar-refractivity contribution is 0.0287. The summed E-state index contributed by atoms with van der Waals surface area (Å²) in [5.74, 6) is 4.28. The molecule has 0 radical (unpaired) electrons. The first-order chi connectivity index (χ1) is 53.2. The first-order valence-electron chi connectivity index (χ1n) is 43.9. The third kappa shape index (κ3) is 35.5. The highest BCUT2D eigenvalue weighted by molar-refractivity contribution is 5.35. The summed E-state index contributed by atoms with van der Waals surface area (Å²) in [4.78, 5) is 10.5. The minimum Gasteiger partial charge on any atom is -0.491 e. The summed E-state index contributed by atoms with van der Waals surface area (Å²) in [7, 11) is 1.80. The number of aliphatic hydroxyl groups excluding tert-OH is 2. The number of nitrogens with zero attached hydrogens (tertiary/aromatic N) is 4. The Morgan fingerprint density at radius 3 is 1.01 bits per heavy atom. The molecule has 0 amide bonds. The molecule has 5 heterocycles. The summed E-state index contributed by atoms with van der Waals surface area (Å²) in [6, 6.07) is 34.7. The minimum absolute atomic E-state index is 0.00163. The standard InChI is InChI=1S/C27H45NO2.C26H40FNO2.C24H39NO2.C23H37NO2/c1-21(2)19-25(28-16-14-23(15-17-28)9-8-18-29-7)20-27(5,6)24-10-12-26(13-11-24)30-22(3)4;1-20(2)17-24(18-26(3,4)22-5-7-23(27)8-6-22)28-13-9-21(10-14-28)11-16-30-25-12-15-29-19-25;1-18(2)16-20(25-14-12-21(26)13-15-25)17-24(6,7)19-8-10-22(11-9-19)27-23(3,4)5;1-17(2)15-20(24-13-11-21(25)12-14-24)16-23(5,6)19-7-9-22(10-8-19)26-18(3)4/h10-13,19,22-23,25H,8-9,14-18,20H2,1-7H3;5-8,17,21,24-25H,9-16,18-19H2,1-4H3;8-11,16,20-21,26H,12-15,17H2,1-7H3;7-10,15,18,20-21,25H,11-14,16H2,1-6H3. The van der Waals surface area contributed by atoms with E-state index < -0.39 is 0 Å². The van der Waals surface area contributed by atoms with Crippen LogP contribution in [0.1, 0.15) is 284 Å². The third-order valence-electron chi connectivity index (χ3n) is 23.6. The van der Waals surface area contributed by atoms with Gasteiger partial charge < -0.3 is 38.6 Å². The molecule has 13 heteroatoms. The summed E-state index contributed by atoms with van der Waals surface area (Å²) < 4.78 is 47.6. The van der Waals surface area contributed by atoms with Gasteiger partial charge in [0.2, 0.25) is 0 Å². The monoisotopic (exact) mass is 1570 g/mol. The number of likely N-dealkylation sites (tertiary alicyclic amines) is 4. The summed E-state index contributed by atoms with van der Waals surface area (Å²) >= 11 is 0. The molecule has 0 aliphatic carbocycles. The number of benzene rings is 4. The summed E-state index contributed by atoms with van der Waals surface area (Å²) in [6.07, 6.45) is 27.9. The second-order valence-electron chi connectivity index (χ2n) is 39.0. The molecular formula is C100H161FN4O8. The van der Waals surface area contributed by atoms with Crippen molar-refractivity contribution in [3.63, 3.8) is 0 Å². The van der Waals surface area contributed by atoms with E-state index in [0.29, 0.717) is 30.3 Å². The SMILES string of the molecule is CC(C)=CC(CC(C)(C)c1ccc(F)cc1)N1CCC(CCOC2CCOC2)CC1.CC(C)=CC(CC(C)(C)c1ccc(OC(C)(C)C)cc1)N1CCC(O)CC1.CC(C)=CC(CC(C)(C)c1ccc(OC(C)C)cc1)N1CCC(O)CC1.COCCCC1CCN(C(C=C(C)C)CC(C)(C)c2ccc(OC(C)C)cc2)CC1. The van der Waals surface area contributed by atoms with Crippen LogP contribution in [0.3, 0.4) is 0 Å². The molecule has 0 aromatic heterocycles. The predicted octanol–water partition coefficient (Wildman–Crippen LogP) is 22.6. The van der Waals surface area contributed by atoms with Gasteiger partial charge in [0.1, 0.15) is 28.7 Å². The van der Waals surface area contributed by atoms with E-state index in [0.717, 1.165) is 153 Å². The summed E-state index contributed by atoms with van der Waals surface area (Å²) in [5, 5.41) is 19.7. The van der Waals surface area contributed by atoms with Gasteiger partial charge in [-0.25, -0.2) is 4.39 Å². The molecule has 0 spiro atoms. The zero-order chi connectivity index (χ0) is 83.3. The third-order valence-corrected chi connectivity index (χ3v) is 23.6. The van der Waals surface area contributed by atoms with Gasteiger partial charge in [-0.05, 0) is 337 Å². The van der Waals surface area contributed by atoms with E-state index >= 15 is 0 Å². The van der Waals surface area contributed by atoms with Gasteiger partial charge >= 0.3 is 0 Å². The Morgan fingerprint density at radius 1 is 0.425 bits per heavy atom. The number of piperidine rings is 4. The molecular weight excluding hydrogens is 1400 g/mol. The van der Waals surface area contributed by atoms with Gasteiger partial charge in [-0.15, -0.1) is 0 Å². The van der Waals surface area contributed by atoms with Crippen molar-refractivity contribution in [2.75, 3.05) is 85.9 Å². The van der Waals surface area contributed by atoms with E-state index in [9.17, 15) is 14.6 Å². The Kier molecular flexibility index (Phi) is 40.0. The maximum atomic E-state index is 13.4. The van der Waals surface area contributed by atoms with E-state index in [1.54, 1.807) is 19.2 Å². The number of halogens is 1. The van der Waals surface area contributed by atoms with Crippen LogP contribution in [0, 0.1) is 17.7 Å². The Balaban J connectivity index is 0.000000235. The fraction of sp³-hybridized carbons (Fsp3) is 0.680. The highest BCUT2D eigenvalue weighted by Gasteiger charge is 2.36. The molecule has 636 valence electrons. The number of ether oxygens (including phenoxy) is 6. The van der Waals surface area contributed by atoms with Crippen molar-refractivity contribution >= 4 is 0 Å². The Morgan fingerprint density at radius 2 is 0.726 bits per heavy atom. The molecule has 113 heavy (non-hydrogen) atoms. The van der Waals surface area contributed by atoms with Crippen molar-refractivity contribution in [3.05, 3.63) is 172 Å². The quantitative estimate of drug-likeness (QED) is 0.0350. The average Bonchev–Trinajstić information content (AvgIpc) is 1.13. The van der Waals surface area contributed by atoms with Crippen LogP contribution in [0.15, 0.2) is 144 Å². The number of rotatable bonds is 33. The van der Waals surface area contributed by atoms with Gasteiger partial charge in [0.25, 0.3) is 0 Å². The van der Waals surface area contributed by atoms with E-state index in [1.807, 2.05) is 12.1 Å². The summed E-state index contributed by atoms with van der Waals surface area (Å²) in [5.41, 5.74) is 10.8. The maximum Gasteiger partial charge on any atom is 0.123 e. The molecule has 5 fully saturated rings. The van der Waals surface area contributed by atoms with E-state index in [-0.39, 0.29) is 57.5 Å². The van der Waals surface area contributed by atoms with Gasteiger partial charge in [0.05, 0.1) is 37.1 Å². The molecule has 0 saturated carbocycles. The van der Waals surface area contributed by atoms with Gasteiger partial charge in [-0.1, -0.05) is 151 Å². The molecule has 5 unspecified atom stereocenters. The predicted molar refractivity (Wildman–Crippen MR) is 474 cm³/mol. The van der Waals surface area contributed by atoms with Crippen molar-refractivity contribution in [3.8, 4) is 17.2 Å². The zero-order valence-corrected chi connectivity index (χ0v) is 75.7. The van der Waals surface area contributed by atoms with E-state index in [2.05, 4.69) is 276 Å². The molecule has 4 aromatic rings.